The molecular formula is C47H47N. The topological polar surface area (TPSA) is 3.24 Å². The van der Waals surface area contributed by atoms with Crippen molar-refractivity contribution >= 4 is 17.1 Å². The van der Waals surface area contributed by atoms with Crippen LogP contribution in [0.25, 0.3) is 33.4 Å². The Hall–Kier alpha value is -4.88. The highest BCUT2D eigenvalue weighted by Gasteiger charge is 2.37. The summed E-state index contributed by atoms with van der Waals surface area (Å²) >= 11 is 0. The lowest BCUT2D eigenvalue weighted by atomic mass is 9.81. The molecule has 48 heavy (non-hydrogen) atoms. The van der Waals surface area contributed by atoms with Gasteiger partial charge >= 0.3 is 0 Å². The number of anilines is 3. The van der Waals surface area contributed by atoms with E-state index in [0.717, 1.165) is 0 Å². The average molecular weight is 626 g/mol. The zero-order valence-electron chi connectivity index (χ0n) is 29.7. The Bertz CT molecular complexity index is 2100. The van der Waals surface area contributed by atoms with E-state index < -0.39 is 0 Å². The van der Waals surface area contributed by atoms with E-state index in [9.17, 15) is 0 Å². The first kappa shape index (κ1) is 31.7. The van der Waals surface area contributed by atoms with Crippen molar-refractivity contribution in [3.05, 3.63) is 162 Å². The summed E-state index contributed by atoms with van der Waals surface area (Å²) in [5.74, 6) is 0. The van der Waals surface area contributed by atoms with Crippen molar-refractivity contribution in [3.63, 3.8) is 0 Å². The summed E-state index contributed by atoms with van der Waals surface area (Å²) < 4.78 is 0. The Morgan fingerprint density at radius 3 is 1.67 bits per heavy atom. The molecule has 240 valence electrons. The third-order valence-corrected chi connectivity index (χ3v) is 10.2. The molecule has 0 aliphatic heterocycles. The highest BCUT2D eigenvalue weighted by Crippen LogP contribution is 2.52. The molecule has 1 nitrogen and oxygen atoms in total. The molecule has 6 aromatic carbocycles. The lowest BCUT2D eigenvalue weighted by Gasteiger charge is -2.34. The summed E-state index contributed by atoms with van der Waals surface area (Å²) in [6.07, 6.45) is 0. The van der Waals surface area contributed by atoms with Gasteiger partial charge in [0.1, 0.15) is 0 Å². The molecular weight excluding hydrogens is 579 g/mol. The third kappa shape index (κ3) is 5.56. The first-order chi connectivity index (χ1) is 22.8. The second-order valence-electron chi connectivity index (χ2n) is 15.9. The monoisotopic (exact) mass is 625 g/mol. The minimum atomic E-state index is -0.157. The molecule has 0 saturated heterocycles. The Kier molecular flexibility index (Phi) is 7.71. The van der Waals surface area contributed by atoms with Crippen molar-refractivity contribution < 1.29 is 0 Å². The van der Waals surface area contributed by atoms with Gasteiger partial charge in [-0.15, -0.1) is 0 Å². The van der Waals surface area contributed by atoms with Gasteiger partial charge in [-0.25, -0.2) is 0 Å². The van der Waals surface area contributed by atoms with Crippen LogP contribution >= 0.6 is 0 Å². The fraction of sp³-hybridized carbons (Fsp3) is 0.234. The zero-order chi connectivity index (χ0) is 33.8. The van der Waals surface area contributed by atoms with E-state index in [-0.39, 0.29) is 16.2 Å². The summed E-state index contributed by atoms with van der Waals surface area (Å²) in [7, 11) is 0. The standard InChI is InChI=1S/C47H47N/c1-45(2,3)35-25-22-32(23-26-35)34-24-28-38-39-29-27-36(31-42(39)47(7,8)41(38)30-34)48(44-21-15-13-19-40(44)46(4,5)6)43-20-14-12-18-37(43)33-16-10-9-11-17-33/h9-31H,1-8H3. The SMILES string of the molecule is CC(C)(C)c1ccc(-c2ccc3c(c2)C(C)(C)c2cc(N(c4ccccc4-c4ccccc4)c4ccccc4C(C)(C)C)ccc2-3)cc1. The van der Waals surface area contributed by atoms with Crippen molar-refractivity contribution in [2.45, 2.75) is 71.6 Å². The quantitative estimate of drug-likeness (QED) is 0.184. The van der Waals surface area contributed by atoms with Gasteiger partial charge in [0, 0.05) is 22.4 Å². The van der Waals surface area contributed by atoms with E-state index in [1.807, 2.05) is 0 Å². The molecule has 0 radical (unpaired) electrons. The summed E-state index contributed by atoms with van der Waals surface area (Å²) in [5.41, 5.74) is 16.6. The second kappa shape index (κ2) is 11.7. The molecule has 0 saturated carbocycles. The van der Waals surface area contributed by atoms with Crippen LogP contribution in [0.4, 0.5) is 17.1 Å². The van der Waals surface area contributed by atoms with Crippen LogP contribution < -0.4 is 4.90 Å². The lowest BCUT2D eigenvalue weighted by Crippen LogP contribution is -2.20. The van der Waals surface area contributed by atoms with Gasteiger partial charge in [0.25, 0.3) is 0 Å². The van der Waals surface area contributed by atoms with Gasteiger partial charge in [-0.1, -0.05) is 165 Å². The molecule has 1 aliphatic carbocycles. The summed E-state index contributed by atoms with van der Waals surface area (Å²) in [6, 6.07) is 51.8. The smallest absolute Gasteiger partial charge is 0.0540 e. The van der Waals surface area contributed by atoms with Crippen LogP contribution in [0.15, 0.2) is 140 Å². The first-order valence-electron chi connectivity index (χ1n) is 17.3. The first-order valence-corrected chi connectivity index (χ1v) is 17.3. The van der Waals surface area contributed by atoms with Crippen LogP contribution in [-0.2, 0) is 16.2 Å². The van der Waals surface area contributed by atoms with E-state index in [4.69, 9.17) is 0 Å². The summed E-state index contributed by atoms with van der Waals surface area (Å²) in [5, 5.41) is 0. The Morgan fingerprint density at radius 2 is 1.00 bits per heavy atom. The van der Waals surface area contributed by atoms with Gasteiger partial charge in [-0.05, 0) is 91.2 Å². The fourth-order valence-electron chi connectivity index (χ4n) is 7.45. The lowest BCUT2D eigenvalue weighted by molar-refractivity contribution is 0.590. The van der Waals surface area contributed by atoms with Crippen molar-refractivity contribution in [1.82, 2.24) is 0 Å². The second-order valence-corrected chi connectivity index (χ2v) is 15.9. The van der Waals surface area contributed by atoms with Crippen LogP contribution in [0, 0.1) is 0 Å². The average Bonchev–Trinajstić information content (AvgIpc) is 3.30. The number of hydrogen-bond donors (Lipinski definition) is 0. The molecule has 1 aliphatic rings. The number of nitrogens with zero attached hydrogens (tertiary/aromatic N) is 1. The van der Waals surface area contributed by atoms with E-state index >= 15 is 0 Å². The number of rotatable bonds is 5. The molecule has 0 spiro atoms. The van der Waals surface area contributed by atoms with E-state index in [2.05, 4.69) is 200 Å². The van der Waals surface area contributed by atoms with Crippen LogP contribution in [-0.4, -0.2) is 0 Å². The van der Waals surface area contributed by atoms with Gasteiger partial charge in [0.05, 0.1) is 5.69 Å². The molecule has 0 unspecified atom stereocenters. The fourth-order valence-corrected chi connectivity index (χ4v) is 7.45. The number of benzene rings is 6. The molecule has 0 fully saturated rings. The maximum absolute atomic E-state index is 2.49. The molecule has 0 N–H and O–H groups in total. The molecule has 7 rings (SSSR count). The van der Waals surface area contributed by atoms with E-state index in [1.165, 1.54) is 72.7 Å². The largest absolute Gasteiger partial charge is 0.310 e. The van der Waals surface area contributed by atoms with E-state index in [0.29, 0.717) is 0 Å². The number of fused-ring (bicyclic) bond motifs is 3. The van der Waals surface area contributed by atoms with Gasteiger partial charge in [-0.2, -0.15) is 0 Å². The normalized spacial score (nSPS) is 13.6. The van der Waals surface area contributed by atoms with Crippen molar-refractivity contribution in [2.75, 3.05) is 4.90 Å². The molecule has 0 atom stereocenters. The van der Waals surface area contributed by atoms with Gasteiger partial charge in [0.15, 0.2) is 0 Å². The maximum Gasteiger partial charge on any atom is 0.0540 e. The third-order valence-electron chi connectivity index (χ3n) is 10.2. The predicted molar refractivity (Wildman–Crippen MR) is 207 cm³/mol. The molecule has 0 heterocycles. The van der Waals surface area contributed by atoms with Crippen molar-refractivity contribution in [1.29, 1.82) is 0 Å². The van der Waals surface area contributed by atoms with Gasteiger partial charge in [0.2, 0.25) is 0 Å². The molecule has 6 aromatic rings. The minimum absolute atomic E-state index is 0.0374. The Morgan fingerprint density at radius 1 is 0.438 bits per heavy atom. The summed E-state index contributed by atoms with van der Waals surface area (Å²) in [6.45, 7) is 18.5. The van der Waals surface area contributed by atoms with Crippen LogP contribution in [0.1, 0.15) is 77.6 Å². The van der Waals surface area contributed by atoms with E-state index in [1.54, 1.807) is 0 Å². The highest BCUT2D eigenvalue weighted by molar-refractivity contribution is 5.91. The maximum atomic E-state index is 2.49. The van der Waals surface area contributed by atoms with Crippen LogP contribution in [0.5, 0.6) is 0 Å². The Balaban J connectivity index is 1.38. The number of hydrogen-bond acceptors (Lipinski definition) is 1. The van der Waals surface area contributed by atoms with Crippen molar-refractivity contribution in [2.24, 2.45) is 0 Å². The van der Waals surface area contributed by atoms with Gasteiger partial charge < -0.3 is 4.90 Å². The minimum Gasteiger partial charge on any atom is -0.310 e. The van der Waals surface area contributed by atoms with Gasteiger partial charge in [-0.3, -0.25) is 0 Å². The number of para-hydroxylation sites is 2. The molecule has 0 aromatic heterocycles. The van der Waals surface area contributed by atoms with Crippen LogP contribution in [0.3, 0.4) is 0 Å². The Labute approximate surface area is 287 Å². The molecule has 0 amide bonds. The van der Waals surface area contributed by atoms with Crippen molar-refractivity contribution in [3.8, 4) is 33.4 Å². The zero-order valence-corrected chi connectivity index (χ0v) is 29.7. The molecule has 1 heteroatoms. The highest BCUT2D eigenvalue weighted by atomic mass is 15.1. The predicted octanol–water partition coefficient (Wildman–Crippen LogP) is 13.4. The van der Waals surface area contributed by atoms with Crippen LogP contribution in [0.2, 0.25) is 0 Å². The molecule has 0 bridgehead atoms. The summed E-state index contributed by atoms with van der Waals surface area (Å²) in [4.78, 5) is 2.49.